The summed E-state index contributed by atoms with van der Waals surface area (Å²) in [7, 11) is 0. The predicted molar refractivity (Wildman–Crippen MR) is 51.0 cm³/mol. The number of carbonyl (C=O) groups excluding carboxylic acids is 1. The Kier molecular flexibility index (Phi) is 3.30. The summed E-state index contributed by atoms with van der Waals surface area (Å²) in [5.74, 6) is 2.71. The minimum Gasteiger partial charge on any atom is -0.300 e. The van der Waals surface area contributed by atoms with Gasteiger partial charge in [0.2, 0.25) is 0 Å². The zero-order valence-corrected chi connectivity index (χ0v) is 8.47. The minimum atomic E-state index is 0.485. The van der Waals surface area contributed by atoms with Crippen molar-refractivity contribution in [2.75, 3.05) is 0 Å². The van der Waals surface area contributed by atoms with Gasteiger partial charge < -0.3 is 0 Å². The molecule has 0 radical (unpaired) electrons. The van der Waals surface area contributed by atoms with Gasteiger partial charge in [-0.05, 0) is 24.2 Å². The second-order valence-electron chi connectivity index (χ2n) is 4.36. The van der Waals surface area contributed by atoms with Gasteiger partial charge in [0, 0.05) is 12.8 Å². The lowest BCUT2D eigenvalue weighted by Gasteiger charge is -2.32. The molecule has 0 aliphatic heterocycles. The largest absolute Gasteiger partial charge is 0.300 e. The first kappa shape index (κ1) is 9.76. The van der Waals surface area contributed by atoms with E-state index in [1.807, 2.05) is 0 Å². The topological polar surface area (TPSA) is 17.1 Å². The third-order valence-corrected chi connectivity index (χ3v) is 3.23. The van der Waals surface area contributed by atoms with Gasteiger partial charge in [-0.2, -0.15) is 0 Å². The lowest BCUT2D eigenvalue weighted by Crippen LogP contribution is -2.28. The Bertz CT molecular complexity index is 160. The van der Waals surface area contributed by atoms with E-state index >= 15 is 0 Å². The second kappa shape index (κ2) is 4.06. The van der Waals surface area contributed by atoms with Crippen molar-refractivity contribution in [2.24, 2.45) is 17.8 Å². The molecule has 0 aromatic carbocycles. The highest BCUT2D eigenvalue weighted by molar-refractivity contribution is 5.79. The van der Waals surface area contributed by atoms with E-state index in [-0.39, 0.29) is 0 Å². The smallest absolute Gasteiger partial charge is 0.133 e. The Labute approximate surface area is 75.5 Å². The van der Waals surface area contributed by atoms with E-state index in [4.69, 9.17) is 0 Å². The molecule has 1 aliphatic carbocycles. The summed E-state index contributed by atoms with van der Waals surface area (Å²) in [6.45, 7) is 6.77. The first-order chi connectivity index (χ1) is 5.65. The summed E-state index contributed by atoms with van der Waals surface area (Å²) in [4.78, 5) is 11.2. The van der Waals surface area contributed by atoms with Crippen LogP contribution in [-0.4, -0.2) is 5.78 Å². The van der Waals surface area contributed by atoms with Crippen LogP contribution in [0.25, 0.3) is 0 Å². The molecule has 1 fully saturated rings. The summed E-state index contributed by atoms with van der Waals surface area (Å²) in [5.41, 5.74) is 0. The molecule has 1 saturated carbocycles. The molecule has 0 unspecified atom stereocenters. The number of hydrogen-bond donors (Lipinski definition) is 0. The van der Waals surface area contributed by atoms with E-state index in [1.165, 1.54) is 6.42 Å². The summed E-state index contributed by atoms with van der Waals surface area (Å²) >= 11 is 0. The third-order valence-electron chi connectivity index (χ3n) is 3.23. The summed E-state index contributed by atoms with van der Waals surface area (Å²) in [6.07, 6.45) is 3.99. The van der Waals surface area contributed by atoms with Crippen LogP contribution in [0.3, 0.4) is 0 Å². The minimum absolute atomic E-state index is 0.485. The van der Waals surface area contributed by atoms with Crippen LogP contribution in [0.2, 0.25) is 0 Å². The molecule has 70 valence electrons. The van der Waals surface area contributed by atoms with Gasteiger partial charge in [0.15, 0.2) is 0 Å². The molecular formula is C11H20O. The summed E-state index contributed by atoms with van der Waals surface area (Å²) in [5, 5.41) is 0. The van der Waals surface area contributed by atoms with Gasteiger partial charge in [0.1, 0.15) is 5.78 Å². The van der Waals surface area contributed by atoms with Crippen LogP contribution in [0.4, 0.5) is 0 Å². The Balaban J connectivity index is 2.56. The maximum absolute atomic E-state index is 11.2. The van der Waals surface area contributed by atoms with Crippen molar-refractivity contribution in [1.82, 2.24) is 0 Å². The molecular weight excluding hydrogens is 148 g/mol. The maximum atomic E-state index is 11.2. The van der Waals surface area contributed by atoms with Crippen molar-refractivity contribution in [1.29, 1.82) is 0 Å². The van der Waals surface area contributed by atoms with Crippen LogP contribution in [0, 0.1) is 17.8 Å². The van der Waals surface area contributed by atoms with Crippen LogP contribution < -0.4 is 0 Å². The first-order valence-corrected chi connectivity index (χ1v) is 5.16. The van der Waals surface area contributed by atoms with Gasteiger partial charge in [-0.15, -0.1) is 0 Å². The fourth-order valence-corrected chi connectivity index (χ4v) is 2.43. The Morgan fingerprint density at radius 1 is 1.50 bits per heavy atom. The highest BCUT2D eigenvalue weighted by atomic mass is 16.1. The lowest BCUT2D eigenvalue weighted by atomic mass is 9.72. The van der Waals surface area contributed by atoms with Crippen LogP contribution in [0.1, 0.15) is 46.5 Å². The van der Waals surface area contributed by atoms with Crippen molar-refractivity contribution in [2.45, 2.75) is 46.5 Å². The Morgan fingerprint density at radius 3 is 2.67 bits per heavy atom. The van der Waals surface area contributed by atoms with Crippen LogP contribution in [0.5, 0.6) is 0 Å². The van der Waals surface area contributed by atoms with E-state index < -0.39 is 0 Å². The molecule has 0 amide bonds. The first-order valence-electron chi connectivity index (χ1n) is 5.16. The zero-order valence-electron chi connectivity index (χ0n) is 8.47. The van der Waals surface area contributed by atoms with Gasteiger partial charge in [0.25, 0.3) is 0 Å². The molecule has 0 bridgehead atoms. The van der Waals surface area contributed by atoms with Gasteiger partial charge in [-0.25, -0.2) is 0 Å². The molecule has 0 aromatic rings. The van der Waals surface area contributed by atoms with E-state index in [1.54, 1.807) is 0 Å². The van der Waals surface area contributed by atoms with Crippen molar-refractivity contribution < 1.29 is 4.79 Å². The van der Waals surface area contributed by atoms with Gasteiger partial charge in [-0.3, -0.25) is 4.79 Å². The zero-order chi connectivity index (χ0) is 9.14. The van der Waals surface area contributed by atoms with E-state index in [0.29, 0.717) is 11.7 Å². The predicted octanol–water partition coefficient (Wildman–Crippen LogP) is 3.04. The van der Waals surface area contributed by atoms with Gasteiger partial charge >= 0.3 is 0 Å². The average molecular weight is 168 g/mol. The molecule has 2 atom stereocenters. The summed E-state index contributed by atoms with van der Waals surface area (Å²) < 4.78 is 0. The molecule has 0 aromatic heterocycles. The number of carbonyl (C=O) groups is 1. The Morgan fingerprint density at radius 2 is 2.17 bits per heavy atom. The van der Waals surface area contributed by atoms with Crippen molar-refractivity contribution in [3.05, 3.63) is 0 Å². The molecule has 1 heteroatoms. The molecule has 1 aliphatic rings. The highest BCUT2D eigenvalue weighted by Crippen LogP contribution is 2.35. The number of Topliss-reactive ketones (excluding diaryl/α,β-unsaturated/α-hetero) is 1. The lowest BCUT2D eigenvalue weighted by molar-refractivity contribution is -0.123. The van der Waals surface area contributed by atoms with Crippen molar-refractivity contribution in [3.63, 3.8) is 0 Å². The molecule has 0 spiro atoms. The monoisotopic (exact) mass is 168 g/mol. The molecule has 1 rings (SSSR count). The van der Waals surface area contributed by atoms with E-state index in [0.717, 1.165) is 31.1 Å². The van der Waals surface area contributed by atoms with E-state index in [2.05, 4.69) is 20.8 Å². The van der Waals surface area contributed by atoms with Gasteiger partial charge in [-0.1, -0.05) is 27.2 Å². The normalized spacial score (nSPS) is 31.2. The standard InChI is InChI=1S/C11H20O/c1-4-9-7-10(12)5-6-11(9)8(2)3/h8-9,11H,4-7H2,1-3H3/t9-,11-/m1/s1. The number of rotatable bonds is 2. The summed E-state index contributed by atoms with van der Waals surface area (Å²) in [6, 6.07) is 0. The highest BCUT2D eigenvalue weighted by Gasteiger charge is 2.29. The molecule has 0 heterocycles. The maximum Gasteiger partial charge on any atom is 0.133 e. The fraction of sp³-hybridized carbons (Fsp3) is 0.909. The molecule has 1 nitrogen and oxygen atoms in total. The Hall–Kier alpha value is -0.330. The van der Waals surface area contributed by atoms with E-state index in [9.17, 15) is 4.79 Å². The quantitative estimate of drug-likeness (QED) is 0.619. The van der Waals surface area contributed by atoms with Crippen molar-refractivity contribution >= 4 is 5.78 Å². The number of ketones is 1. The number of hydrogen-bond acceptors (Lipinski definition) is 1. The average Bonchev–Trinajstić information content (AvgIpc) is 2.03. The van der Waals surface area contributed by atoms with Crippen molar-refractivity contribution in [3.8, 4) is 0 Å². The second-order valence-corrected chi connectivity index (χ2v) is 4.36. The van der Waals surface area contributed by atoms with Gasteiger partial charge in [0.05, 0.1) is 0 Å². The molecule has 0 saturated heterocycles. The van der Waals surface area contributed by atoms with Crippen LogP contribution in [-0.2, 0) is 4.79 Å². The molecule has 12 heavy (non-hydrogen) atoms. The SMILES string of the molecule is CC[C@@H]1CC(=O)CC[C@@H]1C(C)C. The fourth-order valence-electron chi connectivity index (χ4n) is 2.43. The molecule has 0 N–H and O–H groups in total. The van der Waals surface area contributed by atoms with Crippen LogP contribution in [0.15, 0.2) is 0 Å². The van der Waals surface area contributed by atoms with Crippen LogP contribution >= 0.6 is 0 Å². The third kappa shape index (κ3) is 2.09.